The molecule has 29 heavy (non-hydrogen) atoms. The fraction of sp³-hybridized carbons (Fsp3) is 0.429. The Balaban J connectivity index is 2.08. The summed E-state index contributed by atoms with van der Waals surface area (Å²) < 4.78 is 0. The molecule has 0 saturated heterocycles. The first-order chi connectivity index (χ1) is 13.8. The lowest BCUT2D eigenvalue weighted by Gasteiger charge is -2.22. The second-order valence-corrected chi connectivity index (χ2v) is 7.53. The molecule has 0 aliphatic rings. The zero-order valence-electron chi connectivity index (χ0n) is 16.7. The molecule has 0 radical (unpaired) electrons. The highest BCUT2D eigenvalue weighted by molar-refractivity contribution is 5.96. The largest absolute Gasteiger partial charge is 0.481 e. The molecule has 8 heteroatoms. The maximum atomic E-state index is 12.8. The van der Waals surface area contributed by atoms with Crippen molar-refractivity contribution in [3.05, 3.63) is 36.5 Å². The average Bonchev–Trinajstić information content (AvgIpc) is 2.66. The van der Waals surface area contributed by atoms with Crippen LogP contribution in [0.15, 0.2) is 36.5 Å². The number of carboxylic acid groups (broad SMARTS) is 1. The van der Waals surface area contributed by atoms with Gasteiger partial charge in [0.1, 0.15) is 0 Å². The molecular weight excluding hydrogens is 372 g/mol. The van der Waals surface area contributed by atoms with Crippen molar-refractivity contribution in [2.75, 3.05) is 11.9 Å². The third-order valence-electron chi connectivity index (χ3n) is 4.59. The summed E-state index contributed by atoms with van der Waals surface area (Å²) in [5.41, 5.74) is 6.79. The van der Waals surface area contributed by atoms with Crippen LogP contribution in [0.3, 0.4) is 0 Å². The van der Waals surface area contributed by atoms with E-state index in [1.807, 2.05) is 38.1 Å². The van der Waals surface area contributed by atoms with Gasteiger partial charge in [-0.3, -0.25) is 19.4 Å². The van der Waals surface area contributed by atoms with Crippen LogP contribution in [0.2, 0.25) is 0 Å². The minimum atomic E-state index is -0.995. The van der Waals surface area contributed by atoms with Gasteiger partial charge >= 0.3 is 5.97 Å². The number of aromatic nitrogens is 1. The van der Waals surface area contributed by atoms with E-state index in [2.05, 4.69) is 15.6 Å². The Morgan fingerprint density at radius 2 is 1.93 bits per heavy atom. The van der Waals surface area contributed by atoms with Crippen molar-refractivity contribution in [3.63, 3.8) is 0 Å². The van der Waals surface area contributed by atoms with E-state index in [9.17, 15) is 14.4 Å². The topological polar surface area (TPSA) is 134 Å². The van der Waals surface area contributed by atoms with Crippen LogP contribution in [-0.2, 0) is 14.4 Å². The summed E-state index contributed by atoms with van der Waals surface area (Å²) in [6, 6.07) is 8.56. The molecule has 0 saturated carbocycles. The van der Waals surface area contributed by atoms with Crippen molar-refractivity contribution in [2.45, 2.75) is 39.2 Å². The minimum absolute atomic E-state index is 0.0926. The minimum Gasteiger partial charge on any atom is -0.481 e. The van der Waals surface area contributed by atoms with Crippen LogP contribution < -0.4 is 16.4 Å². The maximum Gasteiger partial charge on any atom is 0.303 e. The van der Waals surface area contributed by atoms with Gasteiger partial charge in [-0.2, -0.15) is 0 Å². The molecule has 0 aliphatic heterocycles. The van der Waals surface area contributed by atoms with Gasteiger partial charge in [0.05, 0.1) is 29.4 Å². The van der Waals surface area contributed by atoms with E-state index in [1.54, 1.807) is 12.3 Å². The van der Waals surface area contributed by atoms with E-state index in [0.717, 1.165) is 10.9 Å². The van der Waals surface area contributed by atoms with Gasteiger partial charge in [-0.15, -0.1) is 0 Å². The number of nitrogens with one attached hydrogen (secondary N) is 2. The molecule has 0 unspecified atom stereocenters. The molecule has 2 aromatic rings. The fourth-order valence-electron chi connectivity index (χ4n) is 3.12. The second kappa shape index (κ2) is 10.5. The molecule has 0 bridgehead atoms. The maximum absolute atomic E-state index is 12.8. The number of aliphatic carboxylic acids is 1. The van der Waals surface area contributed by atoms with Gasteiger partial charge in [0.15, 0.2) is 0 Å². The van der Waals surface area contributed by atoms with E-state index < -0.39 is 23.8 Å². The molecule has 1 aromatic carbocycles. The van der Waals surface area contributed by atoms with E-state index in [-0.39, 0.29) is 31.2 Å². The number of anilines is 1. The lowest BCUT2D eigenvalue weighted by atomic mass is 9.96. The number of hydrogen-bond acceptors (Lipinski definition) is 5. The van der Waals surface area contributed by atoms with Crippen LogP contribution in [-0.4, -0.2) is 40.5 Å². The number of para-hydroxylation sites is 1. The normalized spacial score (nSPS) is 13.2. The predicted molar refractivity (Wildman–Crippen MR) is 111 cm³/mol. The van der Waals surface area contributed by atoms with Crippen molar-refractivity contribution in [1.82, 2.24) is 10.3 Å². The van der Waals surface area contributed by atoms with Crippen LogP contribution in [0.1, 0.15) is 33.1 Å². The Labute approximate surface area is 169 Å². The summed E-state index contributed by atoms with van der Waals surface area (Å²) in [5.74, 6) is -1.98. The molecule has 5 N–H and O–H groups in total. The highest BCUT2D eigenvalue weighted by atomic mass is 16.4. The summed E-state index contributed by atoms with van der Waals surface area (Å²) in [6.07, 6.45) is 2.06. The van der Waals surface area contributed by atoms with E-state index in [1.165, 1.54) is 0 Å². The van der Waals surface area contributed by atoms with Gasteiger partial charge in [0.25, 0.3) is 0 Å². The Bertz CT molecular complexity index is 869. The van der Waals surface area contributed by atoms with Crippen molar-refractivity contribution in [3.8, 4) is 0 Å². The molecule has 0 fully saturated rings. The summed E-state index contributed by atoms with van der Waals surface area (Å²) in [6.45, 7) is 4.18. The van der Waals surface area contributed by atoms with E-state index in [0.29, 0.717) is 12.1 Å². The molecule has 156 valence electrons. The molecule has 2 amide bonds. The number of carboxylic acids is 1. The number of primary amides is 1. The lowest BCUT2D eigenvalue weighted by molar-refractivity contribution is -0.137. The van der Waals surface area contributed by atoms with Crippen molar-refractivity contribution in [2.24, 2.45) is 17.6 Å². The summed E-state index contributed by atoms with van der Waals surface area (Å²) >= 11 is 0. The molecule has 1 aromatic heterocycles. The standard InChI is InChI=1S/C21H28N4O4/c1-13(2)9-15(20(22)28)11-23-18(7-8-19(26)27)21(29)25-16-10-14-5-3-4-6-17(14)24-12-16/h3-6,10,12-13,15,18,23H,7-9,11H2,1-2H3,(H2,22,28)(H,25,29)(H,26,27)/t15-,18-/m0/s1. The predicted octanol–water partition coefficient (Wildman–Crippen LogP) is 2.14. The number of benzene rings is 1. The summed E-state index contributed by atoms with van der Waals surface area (Å²) in [4.78, 5) is 39.7. The molecule has 1 heterocycles. The van der Waals surface area contributed by atoms with Gasteiger partial charge in [0, 0.05) is 18.4 Å². The fourth-order valence-corrected chi connectivity index (χ4v) is 3.12. The van der Waals surface area contributed by atoms with Crippen LogP contribution in [0, 0.1) is 11.8 Å². The molecule has 2 rings (SSSR count). The zero-order chi connectivity index (χ0) is 21.4. The number of pyridine rings is 1. The summed E-state index contributed by atoms with van der Waals surface area (Å²) in [5, 5.41) is 15.7. The van der Waals surface area contributed by atoms with Crippen LogP contribution in [0.5, 0.6) is 0 Å². The van der Waals surface area contributed by atoms with Crippen LogP contribution in [0.25, 0.3) is 10.9 Å². The molecule has 0 aliphatic carbocycles. The van der Waals surface area contributed by atoms with Crippen LogP contribution in [0.4, 0.5) is 5.69 Å². The Morgan fingerprint density at radius 3 is 2.59 bits per heavy atom. The third kappa shape index (κ3) is 7.15. The van der Waals surface area contributed by atoms with E-state index in [4.69, 9.17) is 10.8 Å². The van der Waals surface area contributed by atoms with E-state index >= 15 is 0 Å². The van der Waals surface area contributed by atoms with Crippen molar-refractivity contribution < 1.29 is 19.5 Å². The second-order valence-electron chi connectivity index (χ2n) is 7.53. The highest BCUT2D eigenvalue weighted by Crippen LogP contribution is 2.17. The molecular formula is C21H28N4O4. The van der Waals surface area contributed by atoms with Crippen LogP contribution >= 0.6 is 0 Å². The Morgan fingerprint density at radius 1 is 1.21 bits per heavy atom. The van der Waals surface area contributed by atoms with Gasteiger partial charge in [0.2, 0.25) is 11.8 Å². The number of carbonyl (C=O) groups is 3. The molecule has 8 nitrogen and oxygen atoms in total. The quantitative estimate of drug-likeness (QED) is 0.456. The monoisotopic (exact) mass is 400 g/mol. The van der Waals surface area contributed by atoms with Crippen molar-refractivity contribution >= 4 is 34.4 Å². The first-order valence-corrected chi connectivity index (χ1v) is 9.66. The van der Waals surface area contributed by atoms with Gasteiger partial charge < -0.3 is 21.5 Å². The number of nitrogens with zero attached hydrogens (tertiary/aromatic N) is 1. The number of rotatable bonds is 11. The number of nitrogens with two attached hydrogens (primary N) is 1. The first-order valence-electron chi connectivity index (χ1n) is 9.66. The number of hydrogen-bond donors (Lipinski definition) is 4. The Kier molecular flexibility index (Phi) is 8.09. The average molecular weight is 400 g/mol. The van der Waals surface area contributed by atoms with Gasteiger partial charge in [-0.05, 0) is 30.9 Å². The SMILES string of the molecule is CC(C)C[C@@H](CN[C@@H](CCC(=O)O)C(=O)Nc1cnc2ccccc2c1)C(N)=O. The van der Waals surface area contributed by atoms with Crippen molar-refractivity contribution in [1.29, 1.82) is 0 Å². The third-order valence-corrected chi connectivity index (χ3v) is 4.59. The number of fused-ring (bicyclic) bond motifs is 1. The smallest absolute Gasteiger partial charge is 0.303 e. The molecule has 2 atom stereocenters. The Hall–Kier alpha value is -3.00. The van der Waals surface area contributed by atoms with Gasteiger partial charge in [-0.25, -0.2) is 0 Å². The lowest BCUT2D eigenvalue weighted by Crippen LogP contribution is -2.45. The zero-order valence-corrected chi connectivity index (χ0v) is 16.7. The molecule has 0 spiro atoms. The first kappa shape index (κ1) is 22.3. The number of amides is 2. The summed E-state index contributed by atoms with van der Waals surface area (Å²) in [7, 11) is 0. The number of carbonyl (C=O) groups excluding carboxylic acids is 2. The highest BCUT2D eigenvalue weighted by Gasteiger charge is 2.23. The van der Waals surface area contributed by atoms with Gasteiger partial charge in [-0.1, -0.05) is 32.0 Å².